The Morgan fingerprint density at radius 3 is 3.14 bits per heavy atom. The van der Waals surface area contributed by atoms with Crippen molar-refractivity contribution in [2.75, 3.05) is 19.7 Å². The van der Waals surface area contributed by atoms with Crippen molar-refractivity contribution >= 4 is 16.9 Å². The van der Waals surface area contributed by atoms with Gasteiger partial charge in [-0.2, -0.15) is 0 Å². The highest BCUT2D eigenvalue weighted by Crippen LogP contribution is 2.16. The van der Waals surface area contributed by atoms with Crippen LogP contribution < -0.4 is 11.1 Å². The smallest absolute Gasteiger partial charge is 0.188 e. The predicted octanol–water partition coefficient (Wildman–Crippen LogP) is 1.86. The van der Waals surface area contributed by atoms with Gasteiger partial charge in [0.15, 0.2) is 5.96 Å². The molecule has 3 N–H and O–H groups in total. The Morgan fingerprint density at radius 1 is 1.36 bits per heavy atom. The fourth-order valence-electron chi connectivity index (χ4n) is 2.74. The van der Waals surface area contributed by atoms with Crippen LogP contribution in [0.2, 0.25) is 0 Å². The number of ether oxygens (including phenoxy) is 1. The van der Waals surface area contributed by atoms with E-state index < -0.39 is 0 Å². The lowest BCUT2D eigenvalue weighted by Gasteiger charge is -2.09. The molecule has 1 saturated heterocycles. The van der Waals surface area contributed by atoms with Gasteiger partial charge in [-0.3, -0.25) is 9.98 Å². The molecule has 0 saturated carbocycles. The number of guanidine groups is 1. The van der Waals surface area contributed by atoms with Crippen LogP contribution in [-0.2, 0) is 11.2 Å². The first-order valence-corrected chi connectivity index (χ1v) is 7.81. The van der Waals surface area contributed by atoms with Gasteiger partial charge >= 0.3 is 0 Å². The molecule has 116 valence electrons. The summed E-state index contributed by atoms with van der Waals surface area (Å²) in [6.45, 7) is 2.24. The summed E-state index contributed by atoms with van der Waals surface area (Å²) in [5.74, 6) is 0.490. The summed E-state index contributed by atoms with van der Waals surface area (Å²) in [5, 5.41) is 4.33. The second-order valence-electron chi connectivity index (χ2n) is 5.53. The van der Waals surface area contributed by atoms with Gasteiger partial charge in [-0.05, 0) is 30.9 Å². The second-order valence-corrected chi connectivity index (χ2v) is 5.53. The first-order valence-electron chi connectivity index (χ1n) is 7.81. The molecule has 0 aliphatic carbocycles. The number of rotatable bonds is 5. The van der Waals surface area contributed by atoms with Crippen LogP contribution in [0.15, 0.2) is 41.5 Å². The average Bonchev–Trinajstić information content (AvgIpc) is 3.07. The number of aliphatic imine (C=N–C) groups is 1. The van der Waals surface area contributed by atoms with Crippen LogP contribution in [0.25, 0.3) is 10.9 Å². The van der Waals surface area contributed by atoms with Crippen LogP contribution in [-0.4, -0.2) is 36.7 Å². The van der Waals surface area contributed by atoms with Crippen molar-refractivity contribution in [2.24, 2.45) is 10.7 Å². The molecular weight excluding hydrogens is 276 g/mol. The highest BCUT2D eigenvalue weighted by Gasteiger charge is 2.14. The molecular formula is C17H22N4O. The highest BCUT2D eigenvalue weighted by molar-refractivity contribution is 5.81. The molecule has 3 rings (SSSR count). The number of nitrogens with one attached hydrogen (secondary N) is 1. The fraction of sp³-hybridized carbons (Fsp3) is 0.412. The molecule has 5 nitrogen and oxygen atoms in total. The molecule has 1 unspecified atom stereocenters. The monoisotopic (exact) mass is 298 g/mol. The maximum absolute atomic E-state index is 5.90. The molecule has 1 atom stereocenters. The molecule has 22 heavy (non-hydrogen) atoms. The number of aromatic nitrogens is 1. The minimum absolute atomic E-state index is 0.239. The summed E-state index contributed by atoms with van der Waals surface area (Å²) in [5.41, 5.74) is 8.17. The van der Waals surface area contributed by atoms with E-state index in [1.807, 2.05) is 12.3 Å². The minimum atomic E-state index is 0.239. The van der Waals surface area contributed by atoms with Gasteiger partial charge in [0.25, 0.3) is 0 Å². The Balaban J connectivity index is 1.52. The van der Waals surface area contributed by atoms with E-state index in [1.165, 1.54) is 10.9 Å². The normalized spacial score (nSPS) is 18.7. The van der Waals surface area contributed by atoms with E-state index in [0.717, 1.165) is 37.9 Å². The zero-order valence-electron chi connectivity index (χ0n) is 12.7. The largest absolute Gasteiger partial charge is 0.376 e. The van der Waals surface area contributed by atoms with Crippen molar-refractivity contribution < 1.29 is 4.74 Å². The van der Waals surface area contributed by atoms with Crippen molar-refractivity contribution in [2.45, 2.75) is 25.4 Å². The van der Waals surface area contributed by atoms with Crippen LogP contribution in [0.4, 0.5) is 0 Å². The molecule has 1 aliphatic heterocycles. The number of hydrogen-bond donors (Lipinski definition) is 2. The van der Waals surface area contributed by atoms with E-state index >= 15 is 0 Å². The molecule has 1 fully saturated rings. The lowest BCUT2D eigenvalue weighted by molar-refractivity contribution is 0.118. The van der Waals surface area contributed by atoms with Gasteiger partial charge in [-0.15, -0.1) is 0 Å². The second kappa shape index (κ2) is 7.22. The summed E-state index contributed by atoms with van der Waals surface area (Å²) in [6.07, 6.45) is 5.14. The third kappa shape index (κ3) is 3.74. The van der Waals surface area contributed by atoms with Gasteiger partial charge < -0.3 is 15.8 Å². The van der Waals surface area contributed by atoms with Crippen molar-refractivity contribution in [3.8, 4) is 0 Å². The Labute approximate surface area is 130 Å². The standard InChI is InChI=1S/C17H22N4O/c18-17(21-12-15-7-3-11-22-15)20-10-8-14-5-1-4-13-6-2-9-19-16(13)14/h1-2,4-6,9,15H,3,7-8,10-12H2,(H3,18,20,21). The van der Waals surface area contributed by atoms with Gasteiger partial charge in [0.05, 0.1) is 18.2 Å². The van der Waals surface area contributed by atoms with E-state index in [0.29, 0.717) is 12.5 Å². The molecule has 1 aromatic carbocycles. The molecule has 1 aliphatic rings. The Kier molecular flexibility index (Phi) is 4.85. The quantitative estimate of drug-likeness (QED) is 0.653. The topological polar surface area (TPSA) is 72.5 Å². The van der Waals surface area contributed by atoms with Crippen molar-refractivity contribution in [1.29, 1.82) is 0 Å². The number of benzene rings is 1. The summed E-state index contributed by atoms with van der Waals surface area (Å²) in [4.78, 5) is 8.80. The molecule has 1 aromatic heterocycles. The van der Waals surface area contributed by atoms with Crippen LogP contribution >= 0.6 is 0 Å². The van der Waals surface area contributed by atoms with Crippen LogP contribution in [0.3, 0.4) is 0 Å². The van der Waals surface area contributed by atoms with Gasteiger partial charge in [0, 0.05) is 24.7 Å². The van der Waals surface area contributed by atoms with Crippen molar-refractivity contribution in [3.05, 3.63) is 42.1 Å². The zero-order valence-corrected chi connectivity index (χ0v) is 12.7. The predicted molar refractivity (Wildman–Crippen MR) is 88.9 cm³/mol. The van der Waals surface area contributed by atoms with Gasteiger partial charge in [0.2, 0.25) is 0 Å². The zero-order chi connectivity index (χ0) is 15.2. The van der Waals surface area contributed by atoms with Crippen LogP contribution in [0.1, 0.15) is 18.4 Å². The molecule has 2 heterocycles. The molecule has 5 heteroatoms. The summed E-state index contributed by atoms with van der Waals surface area (Å²) in [7, 11) is 0. The molecule has 2 aromatic rings. The SMILES string of the molecule is NC(=NCC1CCCO1)NCCc1cccc2cccnc12. The number of hydrogen-bond acceptors (Lipinski definition) is 3. The minimum Gasteiger partial charge on any atom is -0.376 e. The summed E-state index contributed by atoms with van der Waals surface area (Å²) >= 11 is 0. The van der Waals surface area contributed by atoms with Crippen LogP contribution in [0.5, 0.6) is 0 Å². The van der Waals surface area contributed by atoms with Gasteiger partial charge in [-0.25, -0.2) is 0 Å². The summed E-state index contributed by atoms with van der Waals surface area (Å²) < 4.78 is 5.53. The molecule has 0 spiro atoms. The average molecular weight is 298 g/mol. The highest BCUT2D eigenvalue weighted by atomic mass is 16.5. The number of nitrogens with two attached hydrogens (primary N) is 1. The number of nitrogens with zero attached hydrogens (tertiary/aromatic N) is 2. The first-order chi connectivity index (χ1) is 10.8. The lowest BCUT2D eigenvalue weighted by Crippen LogP contribution is -2.34. The van der Waals surface area contributed by atoms with E-state index in [9.17, 15) is 0 Å². The van der Waals surface area contributed by atoms with Gasteiger partial charge in [0.1, 0.15) is 0 Å². The Morgan fingerprint density at radius 2 is 2.27 bits per heavy atom. The van der Waals surface area contributed by atoms with E-state index in [4.69, 9.17) is 10.5 Å². The third-order valence-electron chi connectivity index (χ3n) is 3.91. The number of fused-ring (bicyclic) bond motifs is 1. The van der Waals surface area contributed by atoms with Crippen LogP contribution in [0, 0.1) is 0 Å². The first kappa shape index (κ1) is 14.8. The maximum Gasteiger partial charge on any atom is 0.188 e. The Hall–Kier alpha value is -2.14. The number of pyridine rings is 1. The molecule has 0 radical (unpaired) electrons. The summed E-state index contributed by atoms with van der Waals surface area (Å²) in [6, 6.07) is 10.3. The van der Waals surface area contributed by atoms with E-state index in [-0.39, 0.29) is 6.10 Å². The lowest BCUT2D eigenvalue weighted by atomic mass is 10.1. The Bertz CT molecular complexity index is 645. The maximum atomic E-state index is 5.90. The molecule has 0 amide bonds. The third-order valence-corrected chi connectivity index (χ3v) is 3.91. The van der Waals surface area contributed by atoms with Gasteiger partial charge in [-0.1, -0.05) is 24.3 Å². The van der Waals surface area contributed by atoms with Crippen molar-refractivity contribution in [3.63, 3.8) is 0 Å². The fourth-order valence-corrected chi connectivity index (χ4v) is 2.74. The number of para-hydroxylation sites is 1. The molecule has 0 bridgehead atoms. The van der Waals surface area contributed by atoms with Crippen molar-refractivity contribution in [1.82, 2.24) is 10.3 Å². The van der Waals surface area contributed by atoms with E-state index in [2.05, 4.69) is 39.6 Å². The van der Waals surface area contributed by atoms with E-state index in [1.54, 1.807) is 0 Å².